The zero-order valence-corrected chi connectivity index (χ0v) is 95.0. The molecule has 0 aromatic carbocycles. The third kappa shape index (κ3) is 31.8. The van der Waals surface area contributed by atoms with Gasteiger partial charge in [0.1, 0.15) is 40.5 Å². The Bertz CT molecular complexity index is 6890. The number of aromatic nitrogens is 14. The van der Waals surface area contributed by atoms with Crippen molar-refractivity contribution in [2.45, 2.75) is 173 Å². The monoisotopic (exact) mass is 2280 g/mol. The Kier molecular flexibility index (Phi) is 45.6. The molecular weight excluding hydrogens is 2170 g/mol. The smallest absolute Gasteiger partial charge is 0.258 e. The summed E-state index contributed by atoms with van der Waals surface area (Å²) in [5, 5.41) is 2.77. The molecule has 49 heteroatoms. The summed E-state index contributed by atoms with van der Waals surface area (Å²) in [7, 11) is 18.1. The second-order valence-corrected chi connectivity index (χ2v) is 42.1. The molecule has 150 heavy (non-hydrogen) atoms. The van der Waals surface area contributed by atoms with Gasteiger partial charge < -0.3 is 61.6 Å². The van der Waals surface area contributed by atoms with E-state index in [0.29, 0.717) is 181 Å². The molecule has 1 aliphatic rings. The van der Waals surface area contributed by atoms with Crippen LogP contribution in [-0.2, 0) is 33.6 Å². The van der Waals surface area contributed by atoms with Gasteiger partial charge in [-0.15, -0.1) is 79.4 Å². The Balaban J connectivity index is 0.000000194. The highest BCUT2D eigenvalue weighted by atomic mass is 79.9. The number of Topliss-reactive ketones (excluding diaryl/α,β-unsaturated/α-hetero) is 14. The number of carbonyl (C=O) groups excluding carboxylic acids is 14. The maximum atomic E-state index is 12.4. The molecule has 14 aromatic rings. The molecule has 15 rings (SSSR count). The lowest BCUT2D eigenvalue weighted by Gasteiger charge is -2.10. The van der Waals surface area contributed by atoms with Crippen LogP contribution < -0.4 is 56.8 Å². The number of rotatable bonds is 45. The first-order valence-corrected chi connectivity index (χ1v) is 53.6. The quantitative estimate of drug-likeness (QED) is 0.0253. The SMILES string of the molecule is CCC[C@@H](CC(=O)c1nc2nc(OC)c(OC)cc2s1)C(C)=O.CCC[C@H](CC(=O)c1nc2nc(OC)c(OC)cc2s1)C(C)=O.CC[C@@H](CC(=O)c1nc2nc(OC)c(OC)cc2s1)C(C)=O.CC[C@H](CC(=O)c1nc2nc(OC)c(OC)cc2s1)C(C)=O.COc1cc2sc(C(=O)C3CC3C(C)=O)nc2nc1OC.COc1cc2sc(C(=O)C[C@H](C)C(C)=O)nc2nc1Cl.COc1nc2nc(C(=O)CCC(C)=O)sc2cc1Br. The molecule has 0 aliphatic heterocycles. The van der Waals surface area contributed by atoms with Crippen LogP contribution in [0, 0.1) is 41.4 Å². The van der Waals surface area contributed by atoms with Crippen molar-refractivity contribution >= 4 is 260 Å². The normalized spacial score (nSPS) is 13.2. The number of carbonyl (C=O) groups is 14. The van der Waals surface area contributed by atoms with Gasteiger partial charge in [-0.05, 0) is 103 Å². The lowest BCUT2D eigenvalue weighted by Crippen LogP contribution is -2.15. The Labute approximate surface area is 903 Å². The van der Waals surface area contributed by atoms with E-state index in [9.17, 15) is 67.1 Å². The van der Waals surface area contributed by atoms with Crippen molar-refractivity contribution in [1.82, 2.24) is 69.8 Å². The molecule has 0 spiro atoms. The van der Waals surface area contributed by atoms with Crippen molar-refractivity contribution in [3.05, 3.63) is 87.1 Å². The summed E-state index contributed by atoms with van der Waals surface area (Å²) in [6.45, 7) is 20.1. The molecule has 2 unspecified atom stereocenters. The van der Waals surface area contributed by atoms with E-state index in [1.807, 2.05) is 33.8 Å². The number of methoxy groups -OCH3 is 12. The topological polar surface area (TPSA) is 530 Å². The summed E-state index contributed by atoms with van der Waals surface area (Å²) < 4.78 is 67.8. The molecule has 7 atom stereocenters. The van der Waals surface area contributed by atoms with Crippen molar-refractivity contribution in [1.29, 1.82) is 0 Å². The number of thiazole rings is 7. The molecule has 1 saturated carbocycles. The van der Waals surface area contributed by atoms with Gasteiger partial charge in [-0.2, -0.15) is 29.9 Å². The number of pyridine rings is 7. The van der Waals surface area contributed by atoms with Crippen LogP contribution >= 0.6 is 107 Å². The molecule has 1 fully saturated rings. The number of ketones is 14. The first-order valence-electron chi connectivity index (χ1n) is 46.7. The standard InChI is InChI=1S/2C16H20N2O4S.2C15H18N2O4S.C14H14N2O4S.C13H13ClN2O3S.C12H11BrN2O3S/c2*1-5-6-10(9(2)19)7-11(20)16-18-14-13(23-16)8-12(21-3)15(17-14)22-4;2*1-5-9(8(2)18)6-10(19)15-17-13-12(22-15)7-11(20-3)14(16-13)21-4;1-6(17)7-4-8(7)11(18)14-16-12-10(21-14)5-9(19-2)13(15-12)20-3;1-6(7(2)17)4-8(18)13-16-12-10(20-13)5-9(19-3)11(14)15-12;1-6(16)3-4-8(17)12-15-10-9(19-12)5-7(13)11(14-10)18-2/h2*8,10H,5-7H2,1-4H3;2*7,9H,5-6H2,1-4H3;5,7-8H,4H2,1-3H3;5-6H,4H2,1-3H3;5H,3-4H2,1-2H3/t2*10-;2*9-;;6-;/m1010.0./s1. The Morgan fingerprint density at radius 3 is 0.813 bits per heavy atom. The van der Waals surface area contributed by atoms with E-state index in [0.717, 1.165) is 45.7 Å². The number of hydrogen-bond donors (Lipinski definition) is 0. The molecule has 14 aromatic heterocycles. The maximum absolute atomic E-state index is 12.4. The maximum Gasteiger partial charge on any atom is 0.258 e. The second-order valence-electron chi connectivity index (χ2n) is 33.7. The van der Waals surface area contributed by atoms with Crippen molar-refractivity contribution in [3.63, 3.8) is 0 Å². The summed E-state index contributed by atoms with van der Waals surface area (Å²) in [6, 6.07) is 12.3. The molecule has 0 radical (unpaired) electrons. The highest BCUT2D eigenvalue weighted by molar-refractivity contribution is 9.10. The number of halogens is 2. The van der Waals surface area contributed by atoms with Gasteiger partial charge in [-0.25, -0.2) is 39.9 Å². The fourth-order valence-corrected chi connectivity index (χ4v) is 21.5. The van der Waals surface area contributed by atoms with Crippen molar-refractivity contribution in [2.24, 2.45) is 41.4 Å². The van der Waals surface area contributed by atoms with E-state index in [4.69, 9.17) is 68.4 Å². The van der Waals surface area contributed by atoms with Crippen LogP contribution in [0.4, 0.5) is 0 Å². The van der Waals surface area contributed by atoms with Gasteiger partial charge in [-0.3, -0.25) is 62.3 Å². The molecule has 0 bridgehead atoms. The zero-order valence-electron chi connectivity index (χ0n) is 87.0. The molecule has 800 valence electrons. The molecule has 40 nitrogen and oxygen atoms in total. The molecule has 1 aliphatic carbocycles. The Morgan fingerprint density at radius 2 is 0.560 bits per heavy atom. The van der Waals surface area contributed by atoms with Crippen LogP contribution in [0.25, 0.3) is 72.4 Å². The second kappa shape index (κ2) is 56.8. The third-order valence-electron chi connectivity index (χ3n) is 23.1. The van der Waals surface area contributed by atoms with Gasteiger partial charge >= 0.3 is 0 Å². The minimum absolute atomic E-state index is 0.00278. The molecule has 0 saturated heterocycles. The van der Waals surface area contributed by atoms with Crippen LogP contribution in [0.2, 0.25) is 5.15 Å². The van der Waals surface area contributed by atoms with Gasteiger partial charge in [0.15, 0.2) is 155 Å². The first-order chi connectivity index (χ1) is 71.4. The molecule has 0 N–H and O–H groups in total. The van der Waals surface area contributed by atoms with Crippen LogP contribution in [0.15, 0.2) is 46.9 Å². The van der Waals surface area contributed by atoms with E-state index in [1.54, 1.807) is 43.3 Å². The lowest BCUT2D eigenvalue weighted by molar-refractivity contribution is -0.121. The molecular formula is C101H114BrClN14O26S7. The van der Waals surface area contributed by atoms with E-state index in [2.05, 4.69) is 85.7 Å². The molecule has 0 amide bonds. The number of fused-ring (bicyclic) bond motifs is 7. The largest absolute Gasteiger partial charge is 0.493 e. The number of nitrogens with zero attached hydrogens (tertiary/aromatic N) is 14. The van der Waals surface area contributed by atoms with Gasteiger partial charge in [0.2, 0.25) is 5.88 Å². The van der Waals surface area contributed by atoms with E-state index in [-0.39, 0.29) is 172 Å². The fourth-order valence-electron chi connectivity index (χ4n) is 14.4. The number of ether oxygens (including phenoxy) is 12. The van der Waals surface area contributed by atoms with E-state index < -0.39 is 0 Å². The average molecular weight is 2280 g/mol. The molecule has 14 heterocycles. The van der Waals surface area contributed by atoms with Crippen LogP contribution in [0.1, 0.15) is 242 Å². The van der Waals surface area contributed by atoms with Gasteiger partial charge in [0.05, 0.1) is 123 Å². The van der Waals surface area contributed by atoms with Crippen LogP contribution in [0.5, 0.6) is 69.8 Å². The van der Waals surface area contributed by atoms with Crippen molar-refractivity contribution < 1.29 is 124 Å². The minimum Gasteiger partial charge on any atom is -0.493 e. The van der Waals surface area contributed by atoms with Gasteiger partial charge in [0.25, 0.3) is 29.4 Å². The predicted molar refractivity (Wildman–Crippen MR) is 576 cm³/mol. The average Bonchev–Trinajstić information content (AvgIpc) is 1.61. The summed E-state index contributed by atoms with van der Waals surface area (Å²) in [4.78, 5) is 224. The minimum atomic E-state index is -0.305. The summed E-state index contributed by atoms with van der Waals surface area (Å²) in [5.41, 5.74) is 3.15. The lowest BCUT2D eigenvalue weighted by atomic mass is 9.94. The first kappa shape index (κ1) is 121. The Morgan fingerprint density at radius 1 is 0.307 bits per heavy atom. The zero-order chi connectivity index (χ0) is 111. The summed E-state index contributed by atoms with van der Waals surface area (Å²) in [6.07, 6.45) is 6.41. The van der Waals surface area contributed by atoms with E-state index >= 15 is 0 Å². The van der Waals surface area contributed by atoms with Gasteiger partial charge in [0, 0.05) is 123 Å². The highest BCUT2D eigenvalue weighted by Crippen LogP contribution is 2.45. The van der Waals surface area contributed by atoms with Crippen molar-refractivity contribution in [2.75, 3.05) is 85.3 Å². The van der Waals surface area contributed by atoms with Crippen LogP contribution in [-0.4, -0.2) is 236 Å². The summed E-state index contributed by atoms with van der Waals surface area (Å²) in [5.74, 6) is 2.67. The fraction of sp³-hybridized carbons (Fsp3) is 0.446. The predicted octanol–water partition coefficient (Wildman–Crippen LogP) is 20.6. The van der Waals surface area contributed by atoms with Gasteiger partial charge in [-0.1, -0.05) is 59.1 Å². The van der Waals surface area contributed by atoms with Crippen LogP contribution in [0.3, 0.4) is 0 Å². The third-order valence-corrected chi connectivity index (χ3v) is 31.2. The summed E-state index contributed by atoms with van der Waals surface area (Å²) >= 11 is 18.0. The number of hydrogen-bond acceptors (Lipinski definition) is 47. The highest BCUT2D eigenvalue weighted by Gasteiger charge is 2.47. The Hall–Kier alpha value is -13.0. The van der Waals surface area contributed by atoms with E-state index in [1.165, 1.54) is 213 Å². The van der Waals surface area contributed by atoms with Crippen molar-refractivity contribution in [3.8, 4) is 69.8 Å².